The first kappa shape index (κ1) is 25.9. The third-order valence-electron chi connectivity index (χ3n) is 8.46. The number of likely N-dealkylation sites (tertiary alicyclic amines) is 2. The maximum absolute atomic E-state index is 11.1. The van der Waals surface area contributed by atoms with Crippen LogP contribution in [0.4, 0.5) is 0 Å². The van der Waals surface area contributed by atoms with E-state index in [4.69, 9.17) is 10.5 Å². The molecule has 0 aromatic heterocycles. The van der Waals surface area contributed by atoms with Gasteiger partial charge in [0.1, 0.15) is 0 Å². The molecule has 1 aliphatic carbocycles. The van der Waals surface area contributed by atoms with Gasteiger partial charge in [-0.1, -0.05) is 38.0 Å². The minimum Gasteiger partial charge on any atom is -0.356 e. The Bertz CT molecular complexity index is 610. The van der Waals surface area contributed by atoms with Gasteiger partial charge >= 0.3 is 0 Å². The molecule has 32 heavy (non-hydrogen) atoms. The van der Waals surface area contributed by atoms with Crippen molar-refractivity contribution in [3.8, 4) is 0 Å². The Kier molecular flexibility index (Phi) is 9.81. The van der Waals surface area contributed by atoms with Gasteiger partial charge in [-0.25, -0.2) is 0 Å². The molecule has 5 atom stereocenters. The number of piperidine rings is 2. The summed E-state index contributed by atoms with van der Waals surface area (Å²) in [5.74, 6) is 0.353. The second-order valence-electron chi connectivity index (χ2n) is 10.9. The van der Waals surface area contributed by atoms with E-state index >= 15 is 0 Å². The molecule has 3 fully saturated rings. The first-order valence-corrected chi connectivity index (χ1v) is 13.2. The Labute approximate surface area is 197 Å². The molecule has 0 amide bonds. The molecule has 1 saturated carbocycles. The molecular weight excluding hydrogens is 398 g/mol. The third-order valence-corrected chi connectivity index (χ3v) is 8.46. The van der Waals surface area contributed by atoms with Crippen molar-refractivity contribution in [1.29, 1.82) is 0 Å². The summed E-state index contributed by atoms with van der Waals surface area (Å²) in [5.41, 5.74) is 7.95. The van der Waals surface area contributed by atoms with E-state index in [9.17, 15) is 5.11 Å². The number of nitrogens with two attached hydrogens (primary N) is 1. The Balaban J connectivity index is 1.61. The summed E-state index contributed by atoms with van der Waals surface area (Å²) in [5, 5.41) is 11.1. The van der Waals surface area contributed by atoms with Crippen molar-refractivity contribution in [2.24, 2.45) is 17.1 Å². The Morgan fingerprint density at radius 1 is 1.16 bits per heavy atom. The van der Waals surface area contributed by atoms with Crippen LogP contribution in [0.25, 0.3) is 0 Å². The monoisotopic (exact) mass is 447 g/mol. The first-order chi connectivity index (χ1) is 15.4. The molecule has 5 unspecified atom stereocenters. The number of hydrogen-bond acceptors (Lipinski definition) is 5. The molecule has 2 aliphatic heterocycles. The number of aliphatic hydroxyl groups is 1. The van der Waals surface area contributed by atoms with E-state index < -0.39 is 6.41 Å². The second-order valence-corrected chi connectivity index (χ2v) is 10.9. The summed E-state index contributed by atoms with van der Waals surface area (Å²) in [6.07, 6.45) is 14.6. The van der Waals surface area contributed by atoms with Crippen molar-refractivity contribution < 1.29 is 9.84 Å². The zero-order valence-electron chi connectivity index (χ0n) is 21.0. The van der Waals surface area contributed by atoms with Crippen LogP contribution >= 0.6 is 0 Å². The van der Waals surface area contributed by atoms with E-state index in [-0.39, 0.29) is 17.6 Å². The predicted molar refractivity (Wildman–Crippen MR) is 133 cm³/mol. The highest BCUT2D eigenvalue weighted by Crippen LogP contribution is 2.43. The Morgan fingerprint density at radius 3 is 2.47 bits per heavy atom. The molecular formula is C27H49N3O2. The zero-order chi connectivity index (χ0) is 23.1. The molecule has 0 radical (unpaired) electrons. The van der Waals surface area contributed by atoms with Crippen LogP contribution in [-0.4, -0.2) is 65.7 Å². The maximum Gasteiger partial charge on any atom is 0.216 e. The summed E-state index contributed by atoms with van der Waals surface area (Å²) in [6.45, 7) is 15.1. The van der Waals surface area contributed by atoms with Crippen LogP contribution in [0.1, 0.15) is 85.0 Å². The highest BCUT2D eigenvalue weighted by molar-refractivity contribution is 5.07. The highest BCUT2D eigenvalue weighted by Gasteiger charge is 2.42. The maximum atomic E-state index is 11.1. The molecule has 5 heteroatoms. The standard InChI is InChI=1S/C27H49N3O2/c1-5-14-27(4)20-22(19-21(3)6-2)24(28)10-11-25(27)32-26(31)30-17-12-23(13-18-30)29-15-8-7-9-16-29/h5,19,22-26,31H,1,6-18,20,28H2,2-4H3/b21-19+. The van der Waals surface area contributed by atoms with Crippen molar-refractivity contribution in [2.75, 3.05) is 26.2 Å². The lowest BCUT2D eigenvalue weighted by molar-refractivity contribution is -0.244. The summed E-state index contributed by atoms with van der Waals surface area (Å²) < 4.78 is 6.43. The van der Waals surface area contributed by atoms with Crippen molar-refractivity contribution in [3.63, 3.8) is 0 Å². The molecule has 3 aliphatic rings. The summed E-state index contributed by atoms with van der Waals surface area (Å²) in [7, 11) is 0. The number of rotatable bonds is 8. The van der Waals surface area contributed by atoms with Crippen LogP contribution in [0.2, 0.25) is 0 Å². The van der Waals surface area contributed by atoms with Crippen molar-refractivity contribution in [2.45, 2.75) is 110 Å². The van der Waals surface area contributed by atoms with Gasteiger partial charge in [-0.05, 0) is 89.1 Å². The van der Waals surface area contributed by atoms with E-state index in [2.05, 4.69) is 43.2 Å². The minimum absolute atomic E-state index is 0.0123. The van der Waals surface area contributed by atoms with E-state index in [1.807, 2.05) is 6.08 Å². The molecule has 0 aromatic rings. The normalized spacial score (nSPS) is 35.4. The number of aliphatic hydroxyl groups excluding tert-OH is 1. The second kappa shape index (κ2) is 12.1. The SMILES string of the molecule is C=CCC1(C)CC(/C=C(\C)CC)C(N)CCC1OC(O)N1CCC(N2CCCCC2)CC1. The topological polar surface area (TPSA) is 62.0 Å². The van der Waals surface area contributed by atoms with E-state index in [1.165, 1.54) is 37.9 Å². The Hall–Kier alpha value is -0.720. The van der Waals surface area contributed by atoms with Crippen LogP contribution < -0.4 is 5.73 Å². The molecule has 184 valence electrons. The van der Waals surface area contributed by atoms with Gasteiger partial charge in [-0.15, -0.1) is 6.58 Å². The van der Waals surface area contributed by atoms with E-state index in [1.54, 1.807) is 0 Å². The first-order valence-electron chi connectivity index (χ1n) is 13.2. The molecule has 2 saturated heterocycles. The quantitative estimate of drug-likeness (QED) is 0.322. The fourth-order valence-corrected chi connectivity index (χ4v) is 6.16. The molecule has 0 spiro atoms. The van der Waals surface area contributed by atoms with Crippen LogP contribution in [-0.2, 0) is 4.74 Å². The number of allylic oxidation sites excluding steroid dienone is 2. The molecule has 3 N–H and O–H groups in total. The zero-order valence-corrected chi connectivity index (χ0v) is 21.0. The van der Waals surface area contributed by atoms with E-state index in [0.29, 0.717) is 12.0 Å². The largest absolute Gasteiger partial charge is 0.356 e. The fraction of sp³-hybridized carbons (Fsp3) is 0.852. The molecule has 0 bridgehead atoms. The molecule has 2 heterocycles. The lowest BCUT2D eigenvalue weighted by Gasteiger charge is -2.43. The van der Waals surface area contributed by atoms with Gasteiger partial charge in [-0.3, -0.25) is 4.90 Å². The van der Waals surface area contributed by atoms with Crippen LogP contribution in [0.5, 0.6) is 0 Å². The summed E-state index contributed by atoms with van der Waals surface area (Å²) >= 11 is 0. The number of hydrogen-bond donors (Lipinski definition) is 2. The lowest BCUT2D eigenvalue weighted by Crippen LogP contribution is -2.51. The average Bonchev–Trinajstić information content (AvgIpc) is 2.91. The van der Waals surface area contributed by atoms with Crippen LogP contribution in [0, 0.1) is 11.3 Å². The van der Waals surface area contributed by atoms with Gasteiger partial charge in [-0.2, -0.15) is 0 Å². The summed E-state index contributed by atoms with van der Waals surface area (Å²) in [6, 6.07) is 0.821. The summed E-state index contributed by atoms with van der Waals surface area (Å²) in [4.78, 5) is 4.81. The van der Waals surface area contributed by atoms with Gasteiger partial charge in [0, 0.05) is 25.2 Å². The van der Waals surface area contributed by atoms with Gasteiger partial charge in [0.2, 0.25) is 6.41 Å². The number of nitrogens with zero attached hydrogens (tertiary/aromatic N) is 2. The third kappa shape index (κ3) is 6.66. The molecule has 0 aromatic carbocycles. The average molecular weight is 448 g/mol. The van der Waals surface area contributed by atoms with Gasteiger partial charge in [0.05, 0.1) is 6.10 Å². The number of ether oxygens (including phenoxy) is 1. The fourth-order valence-electron chi connectivity index (χ4n) is 6.16. The van der Waals surface area contributed by atoms with Crippen LogP contribution in [0.3, 0.4) is 0 Å². The van der Waals surface area contributed by atoms with Crippen molar-refractivity contribution in [3.05, 3.63) is 24.3 Å². The van der Waals surface area contributed by atoms with Crippen LogP contribution in [0.15, 0.2) is 24.3 Å². The van der Waals surface area contributed by atoms with Crippen molar-refractivity contribution >= 4 is 0 Å². The van der Waals surface area contributed by atoms with Gasteiger partial charge < -0.3 is 20.5 Å². The van der Waals surface area contributed by atoms with Gasteiger partial charge in [0.25, 0.3) is 0 Å². The predicted octanol–water partition coefficient (Wildman–Crippen LogP) is 4.66. The van der Waals surface area contributed by atoms with Crippen molar-refractivity contribution in [1.82, 2.24) is 9.80 Å². The molecule has 3 rings (SSSR count). The van der Waals surface area contributed by atoms with E-state index in [0.717, 1.165) is 58.0 Å². The smallest absolute Gasteiger partial charge is 0.216 e. The highest BCUT2D eigenvalue weighted by atomic mass is 16.6. The lowest BCUT2D eigenvalue weighted by atomic mass is 9.74. The Morgan fingerprint density at radius 2 is 1.84 bits per heavy atom. The minimum atomic E-state index is -0.827. The van der Waals surface area contributed by atoms with Gasteiger partial charge in [0.15, 0.2) is 0 Å². The molecule has 5 nitrogen and oxygen atoms in total.